The van der Waals surface area contributed by atoms with Crippen LogP contribution in [0.15, 0.2) is 153 Å². The van der Waals surface area contributed by atoms with Crippen LogP contribution in [-0.2, 0) is 11.3 Å². The Kier molecular flexibility index (Phi) is 11.7. The number of benzene rings is 6. The average molecular weight is 839 g/mol. The standard InChI is InChI=1S/C50H42F4N4O4/c1-5-59-37-17-9-13-31(25-37)45-46(32-14-10-18-38(26-32)60-6-2)56-49(55-45,41-23-21-35(51)29-43(41)53)50(42-24-22-36(52)30-44(42)54)57-47(33-15-11-19-39(27-33)61-7-3)48(58-50)34-16-12-20-40(28-34)62-8-4/h9-30H,5-8H2,1-4H3. The predicted molar refractivity (Wildman–Crippen MR) is 233 cm³/mol. The van der Waals surface area contributed by atoms with Gasteiger partial charge < -0.3 is 18.9 Å². The number of rotatable bonds is 15. The summed E-state index contributed by atoms with van der Waals surface area (Å²) in [6.07, 6.45) is 0. The van der Waals surface area contributed by atoms with Crippen LogP contribution in [0.4, 0.5) is 17.6 Å². The molecule has 0 aromatic heterocycles. The van der Waals surface area contributed by atoms with Crippen molar-refractivity contribution in [1.29, 1.82) is 0 Å². The van der Waals surface area contributed by atoms with Gasteiger partial charge in [0, 0.05) is 45.5 Å². The highest BCUT2D eigenvalue weighted by atomic mass is 19.1. The van der Waals surface area contributed by atoms with Crippen molar-refractivity contribution in [2.75, 3.05) is 26.4 Å². The Morgan fingerprint density at radius 2 is 0.645 bits per heavy atom. The fourth-order valence-corrected chi connectivity index (χ4v) is 7.79. The van der Waals surface area contributed by atoms with Crippen molar-refractivity contribution in [2.45, 2.75) is 39.0 Å². The molecule has 0 radical (unpaired) electrons. The second-order valence-electron chi connectivity index (χ2n) is 14.3. The third-order valence-corrected chi connectivity index (χ3v) is 10.3. The summed E-state index contributed by atoms with van der Waals surface area (Å²) in [5.74, 6) is -1.77. The van der Waals surface area contributed by atoms with Gasteiger partial charge in [-0.25, -0.2) is 37.5 Å². The fraction of sp³-hybridized carbons (Fsp3) is 0.200. The van der Waals surface area contributed by atoms with Crippen LogP contribution in [0.25, 0.3) is 0 Å². The highest BCUT2D eigenvalue weighted by molar-refractivity contribution is 6.56. The van der Waals surface area contributed by atoms with Crippen LogP contribution in [0, 0.1) is 23.3 Å². The van der Waals surface area contributed by atoms with E-state index in [4.69, 9.17) is 38.9 Å². The summed E-state index contributed by atoms with van der Waals surface area (Å²) >= 11 is 0. The molecule has 314 valence electrons. The minimum atomic E-state index is -2.38. The van der Waals surface area contributed by atoms with Crippen LogP contribution < -0.4 is 18.9 Å². The quantitative estimate of drug-likeness (QED) is 0.0964. The maximum atomic E-state index is 17.1. The Hall–Kier alpha value is -7.08. The van der Waals surface area contributed by atoms with Crippen LogP contribution in [-0.4, -0.2) is 49.3 Å². The monoisotopic (exact) mass is 838 g/mol. The lowest BCUT2D eigenvalue weighted by atomic mass is 9.81. The number of ether oxygens (including phenoxy) is 4. The Bertz CT molecular complexity index is 2460. The minimum Gasteiger partial charge on any atom is -0.494 e. The topological polar surface area (TPSA) is 86.4 Å². The molecule has 0 N–H and O–H groups in total. The molecule has 0 saturated carbocycles. The van der Waals surface area contributed by atoms with Crippen molar-refractivity contribution in [2.24, 2.45) is 20.0 Å². The Morgan fingerprint density at radius 1 is 0.371 bits per heavy atom. The van der Waals surface area contributed by atoms with E-state index in [9.17, 15) is 0 Å². The van der Waals surface area contributed by atoms with Crippen molar-refractivity contribution in [3.8, 4) is 23.0 Å². The van der Waals surface area contributed by atoms with Crippen molar-refractivity contribution in [1.82, 2.24) is 0 Å². The zero-order valence-electron chi connectivity index (χ0n) is 34.5. The molecule has 6 aromatic rings. The van der Waals surface area contributed by atoms with E-state index in [1.54, 1.807) is 97.1 Å². The van der Waals surface area contributed by atoms with Crippen molar-refractivity contribution in [3.05, 3.63) is 190 Å². The summed E-state index contributed by atoms with van der Waals surface area (Å²) in [6.45, 7) is 8.90. The highest BCUT2D eigenvalue weighted by Crippen LogP contribution is 2.56. The third-order valence-electron chi connectivity index (χ3n) is 10.3. The molecule has 2 aliphatic rings. The Morgan fingerprint density at radius 3 is 0.887 bits per heavy atom. The lowest BCUT2D eigenvalue weighted by Gasteiger charge is -2.38. The van der Waals surface area contributed by atoms with Crippen molar-refractivity contribution < 1.29 is 36.5 Å². The molecular formula is C50H42F4N4O4. The van der Waals surface area contributed by atoms with Gasteiger partial charge >= 0.3 is 0 Å². The second-order valence-corrected chi connectivity index (χ2v) is 14.3. The molecule has 0 fully saturated rings. The number of nitrogens with zero attached hydrogens (tertiary/aromatic N) is 4. The molecule has 0 saturated heterocycles. The first-order valence-electron chi connectivity index (χ1n) is 20.4. The van der Waals surface area contributed by atoms with E-state index in [-0.39, 0.29) is 34.0 Å². The molecule has 8 nitrogen and oxygen atoms in total. The normalized spacial score (nSPS) is 15.0. The first-order valence-corrected chi connectivity index (χ1v) is 20.4. The molecule has 0 amide bonds. The molecule has 0 aliphatic carbocycles. The molecule has 0 bridgehead atoms. The van der Waals surface area contributed by atoms with E-state index >= 15 is 17.6 Å². The summed E-state index contributed by atoms with van der Waals surface area (Å²) in [5.41, 5.74) is -2.32. The molecule has 2 aliphatic heterocycles. The summed E-state index contributed by atoms with van der Waals surface area (Å²) in [5, 5.41) is 0. The molecule has 62 heavy (non-hydrogen) atoms. The lowest BCUT2D eigenvalue weighted by Crippen LogP contribution is -2.44. The smallest absolute Gasteiger partial charge is 0.229 e. The molecule has 12 heteroatoms. The molecule has 6 aromatic carbocycles. The molecule has 0 atom stereocenters. The maximum absolute atomic E-state index is 17.1. The number of halogens is 4. The summed E-state index contributed by atoms with van der Waals surface area (Å²) in [7, 11) is 0. The van der Waals surface area contributed by atoms with Crippen LogP contribution in [0.1, 0.15) is 61.1 Å². The molecular weight excluding hydrogens is 797 g/mol. The number of hydrogen-bond acceptors (Lipinski definition) is 8. The van der Waals surface area contributed by atoms with Crippen LogP contribution in [0.2, 0.25) is 0 Å². The first-order chi connectivity index (χ1) is 30.1. The van der Waals surface area contributed by atoms with E-state index in [2.05, 4.69) is 0 Å². The van der Waals surface area contributed by atoms with Gasteiger partial charge in [0.2, 0.25) is 11.3 Å². The Labute approximate surface area is 357 Å². The summed E-state index contributed by atoms with van der Waals surface area (Å²) in [6, 6.07) is 34.5. The van der Waals surface area contributed by atoms with Gasteiger partial charge in [-0.15, -0.1) is 0 Å². The van der Waals surface area contributed by atoms with E-state index in [0.717, 1.165) is 12.1 Å². The zero-order chi connectivity index (χ0) is 43.4. The summed E-state index contributed by atoms with van der Waals surface area (Å²) in [4.78, 5) is 21.4. The lowest BCUT2D eigenvalue weighted by molar-refractivity contribution is 0.241. The summed E-state index contributed by atoms with van der Waals surface area (Å²) < 4.78 is 87.8. The van der Waals surface area contributed by atoms with Gasteiger partial charge in [0.25, 0.3) is 0 Å². The van der Waals surface area contributed by atoms with Gasteiger partial charge in [0.15, 0.2) is 0 Å². The molecule has 0 unspecified atom stereocenters. The second kappa shape index (κ2) is 17.5. The van der Waals surface area contributed by atoms with Gasteiger partial charge in [0.1, 0.15) is 46.3 Å². The van der Waals surface area contributed by atoms with Crippen LogP contribution in [0.3, 0.4) is 0 Å². The van der Waals surface area contributed by atoms with E-state index < -0.39 is 34.6 Å². The van der Waals surface area contributed by atoms with Gasteiger partial charge in [-0.2, -0.15) is 0 Å². The fourth-order valence-electron chi connectivity index (χ4n) is 7.79. The zero-order valence-corrected chi connectivity index (χ0v) is 34.5. The van der Waals surface area contributed by atoms with Gasteiger partial charge in [-0.1, -0.05) is 48.5 Å². The number of aliphatic imine (C=N–C) groups is 4. The SMILES string of the molecule is CCOc1cccc(C2=NC(c3ccc(F)cc3F)(C3(c4ccc(F)cc4F)N=C(c4cccc(OCC)c4)C(c4cccc(OCC)c4)=N3)N=C2c2cccc(OCC)c2)c1. The van der Waals surface area contributed by atoms with E-state index in [1.807, 2.05) is 27.7 Å². The average Bonchev–Trinajstić information content (AvgIpc) is 3.87. The van der Waals surface area contributed by atoms with Gasteiger partial charge in [0.05, 0.1) is 49.3 Å². The molecule has 2 heterocycles. The Balaban J connectivity index is 1.56. The largest absolute Gasteiger partial charge is 0.494 e. The third kappa shape index (κ3) is 7.72. The first kappa shape index (κ1) is 41.6. The van der Waals surface area contributed by atoms with Gasteiger partial charge in [-0.3, -0.25) is 0 Å². The van der Waals surface area contributed by atoms with Crippen molar-refractivity contribution >= 4 is 22.8 Å². The maximum Gasteiger partial charge on any atom is 0.229 e. The predicted octanol–water partition coefficient (Wildman–Crippen LogP) is 10.8. The van der Waals surface area contributed by atoms with E-state index in [1.165, 1.54) is 12.1 Å². The van der Waals surface area contributed by atoms with Crippen molar-refractivity contribution in [3.63, 3.8) is 0 Å². The minimum absolute atomic E-state index is 0.239. The van der Waals surface area contributed by atoms with Gasteiger partial charge in [-0.05, 0) is 100 Å². The van der Waals surface area contributed by atoms with Crippen LogP contribution in [0.5, 0.6) is 23.0 Å². The van der Waals surface area contributed by atoms with Crippen LogP contribution >= 0.6 is 0 Å². The number of hydrogen-bond donors (Lipinski definition) is 0. The van der Waals surface area contributed by atoms with E-state index in [0.29, 0.717) is 83.8 Å². The molecule has 0 spiro atoms. The molecule has 8 rings (SSSR count). The highest BCUT2D eigenvalue weighted by Gasteiger charge is 2.62.